The molecule has 0 aromatic rings. The van der Waals surface area contributed by atoms with E-state index in [0.717, 1.165) is 0 Å². The highest BCUT2D eigenvalue weighted by Crippen LogP contribution is 2.22. The van der Waals surface area contributed by atoms with Gasteiger partial charge in [0.2, 0.25) is 0 Å². The molecule has 0 spiro atoms. The average molecular weight is 192 g/mol. The summed E-state index contributed by atoms with van der Waals surface area (Å²) >= 11 is 0. The van der Waals surface area contributed by atoms with E-state index in [1.165, 1.54) is 7.11 Å². The van der Waals surface area contributed by atoms with Crippen molar-refractivity contribution in [2.45, 2.75) is 37.4 Å². The summed E-state index contributed by atoms with van der Waals surface area (Å²) in [7, 11) is 1.41. The molecular formula is C8H16O5. The minimum Gasteiger partial charge on any atom is -0.394 e. The summed E-state index contributed by atoms with van der Waals surface area (Å²) in [6.07, 6.45) is -3.70. The van der Waals surface area contributed by atoms with Crippen LogP contribution < -0.4 is 0 Å². The predicted molar refractivity (Wildman–Crippen MR) is 44.2 cm³/mol. The lowest BCUT2D eigenvalue weighted by molar-refractivity contribution is -0.231. The molecule has 1 aliphatic heterocycles. The van der Waals surface area contributed by atoms with Crippen LogP contribution >= 0.6 is 0 Å². The predicted octanol–water partition coefficient (Wildman–Crippen LogP) is -1.50. The van der Waals surface area contributed by atoms with Gasteiger partial charge in [-0.3, -0.25) is 0 Å². The summed E-state index contributed by atoms with van der Waals surface area (Å²) in [5, 5.41) is 27.9. The molecule has 0 aromatic carbocycles. The maximum atomic E-state index is 9.54. The van der Waals surface area contributed by atoms with Gasteiger partial charge >= 0.3 is 0 Å². The monoisotopic (exact) mass is 192 g/mol. The zero-order valence-corrected chi connectivity index (χ0v) is 7.75. The van der Waals surface area contributed by atoms with Gasteiger partial charge in [-0.15, -0.1) is 0 Å². The largest absolute Gasteiger partial charge is 0.394 e. The first-order valence-corrected chi connectivity index (χ1v) is 4.27. The molecule has 0 saturated carbocycles. The van der Waals surface area contributed by atoms with Gasteiger partial charge < -0.3 is 24.8 Å². The second-order valence-electron chi connectivity index (χ2n) is 3.24. The molecule has 1 heterocycles. The second kappa shape index (κ2) is 4.34. The van der Waals surface area contributed by atoms with Crippen LogP contribution in [-0.2, 0) is 9.47 Å². The number of methoxy groups -OCH3 is 1. The van der Waals surface area contributed by atoms with E-state index in [4.69, 9.17) is 14.6 Å². The summed E-state index contributed by atoms with van der Waals surface area (Å²) in [5.41, 5.74) is 0. The Balaban J connectivity index is 2.69. The number of aliphatic hydroxyl groups excluding tert-OH is 3. The van der Waals surface area contributed by atoms with Crippen molar-refractivity contribution in [2.75, 3.05) is 13.7 Å². The third-order valence-electron chi connectivity index (χ3n) is 2.38. The first-order chi connectivity index (χ1) is 6.11. The molecule has 0 bridgehead atoms. The molecule has 13 heavy (non-hydrogen) atoms. The Bertz CT molecular complexity index is 161. The van der Waals surface area contributed by atoms with Gasteiger partial charge in [0, 0.05) is 7.11 Å². The molecule has 0 amide bonds. The third kappa shape index (κ3) is 2.00. The maximum absolute atomic E-state index is 9.54. The van der Waals surface area contributed by atoms with Crippen molar-refractivity contribution in [1.82, 2.24) is 0 Å². The lowest BCUT2D eigenvalue weighted by Gasteiger charge is -2.40. The van der Waals surface area contributed by atoms with Crippen LogP contribution in [0.5, 0.6) is 0 Å². The number of aliphatic hydroxyl groups is 3. The lowest BCUT2D eigenvalue weighted by atomic mass is 9.96. The molecule has 5 atom stereocenters. The van der Waals surface area contributed by atoms with E-state index in [2.05, 4.69) is 0 Å². The van der Waals surface area contributed by atoms with Gasteiger partial charge in [-0.05, 0) is 6.92 Å². The van der Waals surface area contributed by atoms with Gasteiger partial charge in [0.05, 0.1) is 12.7 Å². The van der Waals surface area contributed by atoms with Gasteiger partial charge in [-0.2, -0.15) is 0 Å². The van der Waals surface area contributed by atoms with Crippen LogP contribution in [0, 0.1) is 0 Å². The summed E-state index contributed by atoms with van der Waals surface area (Å²) in [6.45, 7) is 1.41. The van der Waals surface area contributed by atoms with E-state index in [9.17, 15) is 10.2 Å². The highest BCUT2D eigenvalue weighted by molar-refractivity contribution is 4.91. The van der Waals surface area contributed by atoms with E-state index >= 15 is 0 Å². The SMILES string of the molecule is CO[C@H]1C(CO)O[C@H](C)C(O)[C@@H]1O. The van der Waals surface area contributed by atoms with Crippen molar-refractivity contribution in [3.8, 4) is 0 Å². The molecule has 5 nitrogen and oxygen atoms in total. The molecule has 1 saturated heterocycles. The average Bonchev–Trinajstić information content (AvgIpc) is 2.13. The summed E-state index contributed by atoms with van der Waals surface area (Å²) in [6, 6.07) is 0. The molecule has 1 fully saturated rings. The van der Waals surface area contributed by atoms with E-state index in [0.29, 0.717) is 0 Å². The van der Waals surface area contributed by atoms with Crippen LogP contribution in [-0.4, -0.2) is 59.6 Å². The fourth-order valence-corrected chi connectivity index (χ4v) is 1.56. The molecule has 1 aliphatic rings. The molecule has 5 heteroatoms. The Labute approximate surface area is 76.9 Å². The number of hydrogen-bond donors (Lipinski definition) is 3. The molecule has 0 aromatic heterocycles. The van der Waals surface area contributed by atoms with Crippen molar-refractivity contribution in [3.63, 3.8) is 0 Å². The van der Waals surface area contributed by atoms with Crippen molar-refractivity contribution < 1.29 is 24.8 Å². The smallest absolute Gasteiger partial charge is 0.114 e. The fraction of sp³-hybridized carbons (Fsp3) is 1.00. The van der Waals surface area contributed by atoms with Gasteiger partial charge in [-0.25, -0.2) is 0 Å². The van der Waals surface area contributed by atoms with Crippen molar-refractivity contribution >= 4 is 0 Å². The van der Waals surface area contributed by atoms with E-state index in [1.807, 2.05) is 0 Å². The minimum absolute atomic E-state index is 0.230. The Morgan fingerprint density at radius 2 is 1.92 bits per heavy atom. The first kappa shape index (κ1) is 10.9. The molecule has 0 radical (unpaired) electrons. The maximum Gasteiger partial charge on any atom is 0.114 e. The minimum atomic E-state index is -1.01. The van der Waals surface area contributed by atoms with Crippen LogP contribution in [0.3, 0.4) is 0 Å². The molecular weight excluding hydrogens is 176 g/mol. The van der Waals surface area contributed by atoms with Crippen LogP contribution in [0.2, 0.25) is 0 Å². The molecule has 1 rings (SSSR count). The van der Waals surface area contributed by atoms with Gasteiger partial charge in [-0.1, -0.05) is 0 Å². The Morgan fingerprint density at radius 3 is 2.38 bits per heavy atom. The lowest BCUT2D eigenvalue weighted by Crippen LogP contribution is -2.58. The Morgan fingerprint density at radius 1 is 1.31 bits per heavy atom. The van der Waals surface area contributed by atoms with Crippen LogP contribution in [0.15, 0.2) is 0 Å². The van der Waals surface area contributed by atoms with Crippen molar-refractivity contribution in [3.05, 3.63) is 0 Å². The summed E-state index contributed by atoms with van der Waals surface area (Å²) in [4.78, 5) is 0. The zero-order valence-electron chi connectivity index (χ0n) is 7.75. The van der Waals surface area contributed by atoms with Gasteiger partial charge in [0.1, 0.15) is 24.4 Å². The number of hydrogen-bond acceptors (Lipinski definition) is 5. The zero-order chi connectivity index (χ0) is 10.0. The van der Waals surface area contributed by atoms with E-state index in [1.54, 1.807) is 6.92 Å². The second-order valence-corrected chi connectivity index (χ2v) is 3.24. The van der Waals surface area contributed by atoms with Crippen molar-refractivity contribution in [1.29, 1.82) is 0 Å². The number of rotatable bonds is 2. The molecule has 0 aliphatic carbocycles. The van der Waals surface area contributed by atoms with E-state index < -0.39 is 30.5 Å². The Kier molecular flexibility index (Phi) is 3.63. The van der Waals surface area contributed by atoms with Gasteiger partial charge in [0.25, 0.3) is 0 Å². The van der Waals surface area contributed by atoms with E-state index in [-0.39, 0.29) is 6.61 Å². The molecule has 78 valence electrons. The Hall–Kier alpha value is -0.200. The first-order valence-electron chi connectivity index (χ1n) is 4.27. The third-order valence-corrected chi connectivity index (χ3v) is 2.38. The van der Waals surface area contributed by atoms with Crippen LogP contribution in [0.25, 0.3) is 0 Å². The molecule has 2 unspecified atom stereocenters. The van der Waals surface area contributed by atoms with Crippen LogP contribution in [0.4, 0.5) is 0 Å². The topological polar surface area (TPSA) is 79.2 Å². The highest BCUT2D eigenvalue weighted by Gasteiger charge is 2.42. The van der Waals surface area contributed by atoms with Crippen molar-refractivity contribution in [2.24, 2.45) is 0 Å². The van der Waals surface area contributed by atoms with Gasteiger partial charge in [0.15, 0.2) is 0 Å². The molecule has 3 N–H and O–H groups in total. The van der Waals surface area contributed by atoms with Crippen LogP contribution in [0.1, 0.15) is 6.92 Å². The standard InChI is InChI=1S/C8H16O5/c1-4-6(10)7(11)8(12-2)5(3-9)13-4/h4-11H,3H2,1-2H3/t4-,5?,6?,7+,8+/m1/s1. The normalized spacial score (nSPS) is 46.4. The highest BCUT2D eigenvalue weighted by atomic mass is 16.6. The quantitative estimate of drug-likeness (QED) is 0.496. The summed E-state index contributed by atoms with van der Waals surface area (Å²) < 4.78 is 10.2. The fourth-order valence-electron chi connectivity index (χ4n) is 1.56. The number of ether oxygens (including phenoxy) is 2. The summed E-state index contributed by atoms with van der Waals surface area (Å²) in [5.74, 6) is 0.